The number of carbonyl (C=O) groups excluding carboxylic acids is 1. The zero-order chi connectivity index (χ0) is 24.0. The summed E-state index contributed by atoms with van der Waals surface area (Å²) < 4.78 is 23.3. The molecule has 3 aliphatic heterocycles. The Labute approximate surface area is 206 Å². The van der Waals surface area contributed by atoms with E-state index in [1.165, 1.54) is 6.42 Å². The number of likely N-dealkylation sites (tertiary alicyclic amines) is 1. The fourth-order valence-corrected chi connectivity index (χ4v) is 4.82. The van der Waals surface area contributed by atoms with Crippen molar-refractivity contribution in [1.82, 2.24) is 4.90 Å². The molecule has 2 atom stereocenters. The third kappa shape index (κ3) is 5.80. The lowest BCUT2D eigenvalue weighted by Gasteiger charge is -2.32. The fourth-order valence-electron chi connectivity index (χ4n) is 4.82. The monoisotopic (exact) mass is 479 g/mol. The van der Waals surface area contributed by atoms with Crippen LogP contribution in [-0.2, 0) is 27.5 Å². The van der Waals surface area contributed by atoms with Gasteiger partial charge in [0.05, 0.1) is 13.2 Å². The number of ether oxygens (including phenoxy) is 4. The van der Waals surface area contributed by atoms with Crippen molar-refractivity contribution in [1.29, 1.82) is 0 Å². The maximum atomic E-state index is 13.5. The molecule has 5 rings (SSSR count). The van der Waals surface area contributed by atoms with Crippen molar-refractivity contribution in [3.05, 3.63) is 71.0 Å². The minimum Gasteiger partial charge on any atom is -0.459 e. The fraction of sp³-hybridized carbons (Fsp3) is 0.464. The topological polar surface area (TPSA) is 77.5 Å². The Morgan fingerprint density at radius 1 is 0.943 bits per heavy atom. The van der Waals surface area contributed by atoms with Gasteiger partial charge < -0.3 is 29.0 Å². The van der Waals surface area contributed by atoms with Gasteiger partial charge in [0.15, 0.2) is 17.3 Å². The van der Waals surface area contributed by atoms with Crippen molar-refractivity contribution in [3.63, 3.8) is 0 Å². The first-order valence-corrected chi connectivity index (χ1v) is 12.6. The van der Waals surface area contributed by atoms with Gasteiger partial charge in [-0.25, -0.2) is 0 Å². The van der Waals surface area contributed by atoms with Crippen molar-refractivity contribution in [3.8, 4) is 11.5 Å². The number of benzene rings is 2. The average Bonchev–Trinajstić information content (AvgIpc) is 3.35. The van der Waals surface area contributed by atoms with Gasteiger partial charge in [-0.1, -0.05) is 49.6 Å². The number of rotatable bonds is 6. The molecule has 1 fully saturated rings. The molecule has 0 radical (unpaired) electrons. The number of allylic oxidation sites excluding steroid dienone is 1. The van der Waals surface area contributed by atoms with E-state index in [1.807, 2.05) is 53.4 Å². The predicted octanol–water partition coefficient (Wildman–Crippen LogP) is 4.63. The van der Waals surface area contributed by atoms with Gasteiger partial charge in [-0.05, 0) is 47.7 Å². The van der Waals surface area contributed by atoms with Crippen molar-refractivity contribution >= 4 is 5.91 Å². The van der Waals surface area contributed by atoms with Crippen LogP contribution >= 0.6 is 0 Å². The van der Waals surface area contributed by atoms with Gasteiger partial charge in [-0.2, -0.15) is 0 Å². The molecular formula is C28H33NO6. The summed E-state index contributed by atoms with van der Waals surface area (Å²) in [6, 6.07) is 13.6. The minimum absolute atomic E-state index is 0.0108. The molecule has 2 aromatic carbocycles. The van der Waals surface area contributed by atoms with E-state index in [-0.39, 0.29) is 25.2 Å². The van der Waals surface area contributed by atoms with Gasteiger partial charge >= 0.3 is 0 Å². The molecule has 3 heterocycles. The number of aliphatic hydroxyl groups is 1. The Kier molecular flexibility index (Phi) is 7.54. The summed E-state index contributed by atoms with van der Waals surface area (Å²) in [7, 11) is 0. The Morgan fingerprint density at radius 2 is 1.66 bits per heavy atom. The summed E-state index contributed by atoms with van der Waals surface area (Å²) in [5.41, 5.74) is 2.88. The summed E-state index contributed by atoms with van der Waals surface area (Å²) in [5.74, 6) is 1.72. The summed E-state index contributed by atoms with van der Waals surface area (Å²) in [5, 5.41) is 9.27. The van der Waals surface area contributed by atoms with Gasteiger partial charge in [0, 0.05) is 25.4 Å². The third-order valence-electron chi connectivity index (χ3n) is 6.88. The molecule has 1 amide bonds. The molecule has 0 unspecified atom stereocenters. The molecule has 35 heavy (non-hydrogen) atoms. The first-order chi connectivity index (χ1) is 17.2. The lowest BCUT2D eigenvalue weighted by atomic mass is 9.92. The number of aliphatic hydroxyl groups excluding tert-OH is 1. The van der Waals surface area contributed by atoms with Crippen molar-refractivity contribution in [2.45, 2.75) is 63.9 Å². The second kappa shape index (κ2) is 11.1. The first kappa shape index (κ1) is 23.7. The lowest BCUT2D eigenvalue weighted by Crippen LogP contribution is -2.38. The van der Waals surface area contributed by atoms with Crippen LogP contribution in [0.15, 0.2) is 54.3 Å². The SMILES string of the molecule is O=C(C1=C[C@@H](c2ccc3c(c2)OCO3)C[C@@H](OCc2ccc(CO)cc2)O1)N1CCCCCCC1. The number of hydrogen-bond donors (Lipinski definition) is 1. The molecule has 0 aromatic heterocycles. The van der Waals surface area contributed by atoms with Crippen molar-refractivity contribution in [2.24, 2.45) is 0 Å². The van der Waals surface area contributed by atoms with E-state index in [2.05, 4.69) is 0 Å². The van der Waals surface area contributed by atoms with E-state index in [0.29, 0.717) is 18.8 Å². The Morgan fingerprint density at radius 3 is 2.43 bits per heavy atom. The van der Waals surface area contributed by atoms with Crippen molar-refractivity contribution < 1.29 is 28.8 Å². The summed E-state index contributed by atoms with van der Waals surface area (Å²) >= 11 is 0. The minimum atomic E-state index is -0.554. The Balaban J connectivity index is 1.34. The number of nitrogens with zero attached hydrogens (tertiary/aromatic N) is 1. The molecule has 0 bridgehead atoms. The van der Waals surface area contributed by atoms with E-state index in [4.69, 9.17) is 18.9 Å². The molecule has 3 aliphatic rings. The molecule has 0 saturated carbocycles. The molecule has 1 saturated heterocycles. The molecule has 7 heteroatoms. The van der Waals surface area contributed by atoms with E-state index in [0.717, 1.165) is 67.0 Å². The molecule has 186 valence electrons. The normalized spacial score (nSPS) is 22.1. The highest BCUT2D eigenvalue weighted by molar-refractivity contribution is 5.91. The van der Waals surface area contributed by atoms with Gasteiger partial charge in [-0.3, -0.25) is 4.79 Å². The van der Waals surface area contributed by atoms with E-state index in [1.54, 1.807) is 0 Å². The van der Waals surface area contributed by atoms with Gasteiger partial charge in [0.2, 0.25) is 13.1 Å². The predicted molar refractivity (Wildman–Crippen MR) is 130 cm³/mol. The van der Waals surface area contributed by atoms with Gasteiger partial charge in [0.1, 0.15) is 0 Å². The smallest absolute Gasteiger partial charge is 0.288 e. The highest BCUT2D eigenvalue weighted by atomic mass is 16.7. The standard InChI is InChI=1S/C28H33NO6/c30-17-20-6-8-21(9-7-20)18-32-27-16-23(22-10-11-24-25(14-22)34-19-33-24)15-26(35-27)28(31)29-12-4-2-1-3-5-13-29/h6-11,14-15,23,27,30H,1-5,12-13,16-19H2/t23-,27+/m1/s1. The molecular weight excluding hydrogens is 446 g/mol. The first-order valence-electron chi connectivity index (χ1n) is 12.6. The van der Waals surface area contributed by atoms with E-state index >= 15 is 0 Å². The van der Waals surface area contributed by atoms with Crippen LogP contribution < -0.4 is 9.47 Å². The molecule has 2 aromatic rings. The average molecular weight is 480 g/mol. The number of carbonyl (C=O) groups is 1. The van der Waals surface area contributed by atoms with Crippen LogP contribution in [0.25, 0.3) is 0 Å². The summed E-state index contributed by atoms with van der Waals surface area (Å²) in [4.78, 5) is 15.4. The van der Waals surface area contributed by atoms with Crippen LogP contribution in [0.2, 0.25) is 0 Å². The van der Waals surface area contributed by atoms with E-state index < -0.39 is 6.29 Å². The van der Waals surface area contributed by atoms with Gasteiger partial charge in [-0.15, -0.1) is 0 Å². The highest BCUT2D eigenvalue weighted by Gasteiger charge is 2.32. The van der Waals surface area contributed by atoms with Crippen LogP contribution in [0.1, 0.15) is 61.1 Å². The molecule has 0 spiro atoms. The van der Waals surface area contributed by atoms with Crippen LogP contribution in [0.5, 0.6) is 11.5 Å². The highest BCUT2D eigenvalue weighted by Crippen LogP contribution is 2.39. The summed E-state index contributed by atoms with van der Waals surface area (Å²) in [6.45, 7) is 2.11. The number of hydrogen-bond acceptors (Lipinski definition) is 6. The van der Waals surface area contributed by atoms with E-state index in [9.17, 15) is 9.90 Å². The van der Waals surface area contributed by atoms with Crippen molar-refractivity contribution in [2.75, 3.05) is 19.9 Å². The van der Waals surface area contributed by atoms with Crippen LogP contribution in [0.4, 0.5) is 0 Å². The zero-order valence-electron chi connectivity index (χ0n) is 20.0. The Hall–Kier alpha value is -3.03. The quantitative estimate of drug-likeness (QED) is 0.651. The maximum Gasteiger partial charge on any atom is 0.288 e. The number of fused-ring (bicyclic) bond motifs is 1. The van der Waals surface area contributed by atoms with Crippen LogP contribution in [-0.4, -0.2) is 42.1 Å². The summed E-state index contributed by atoms with van der Waals surface area (Å²) in [6.07, 6.45) is 7.57. The molecule has 7 nitrogen and oxygen atoms in total. The van der Waals surface area contributed by atoms with Gasteiger partial charge in [0.25, 0.3) is 5.91 Å². The maximum absolute atomic E-state index is 13.5. The third-order valence-corrected chi connectivity index (χ3v) is 6.88. The molecule has 0 aliphatic carbocycles. The lowest BCUT2D eigenvalue weighted by molar-refractivity contribution is -0.156. The second-order valence-corrected chi connectivity index (χ2v) is 9.38. The largest absolute Gasteiger partial charge is 0.459 e. The number of amides is 1. The zero-order valence-corrected chi connectivity index (χ0v) is 20.0. The Bertz CT molecular complexity index is 1040. The van der Waals surface area contributed by atoms with Crippen LogP contribution in [0, 0.1) is 0 Å². The second-order valence-electron chi connectivity index (χ2n) is 9.38. The van der Waals surface area contributed by atoms with Crippen LogP contribution in [0.3, 0.4) is 0 Å². The molecule has 1 N–H and O–H groups in total.